The molecule has 2 fully saturated rings. The van der Waals surface area contributed by atoms with E-state index in [0.717, 1.165) is 12.8 Å². The van der Waals surface area contributed by atoms with Gasteiger partial charge in [0.25, 0.3) is 0 Å². The minimum atomic E-state index is -0.00924. The Bertz CT molecular complexity index is 597. The van der Waals surface area contributed by atoms with Crippen LogP contribution in [0.2, 0.25) is 0 Å². The maximum atomic E-state index is 6.14. The second-order valence-corrected chi connectivity index (χ2v) is 6.06. The summed E-state index contributed by atoms with van der Waals surface area (Å²) < 4.78 is 0. The minimum absolute atomic E-state index is 0.00924. The lowest BCUT2D eigenvalue weighted by atomic mass is 9.80. The molecule has 2 aromatic rings. The third-order valence-corrected chi connectivity index (χ3v) is 4.72. The molecule has 2 heterocycles. The molecule has 102 valence electrons. The summed E-state index contributed by atoms with van der Waals surface area (Å²) in [4.78, 5) is 6.14. The van der Waals surface area contributed by atoms with E-state index in [2.05, 4.69) is 72.7 Å². The van der Waals surface area contributed by atoms with Crippen molar-refractivity contribution in [2.75, 3.05) is 0 Å². The van der Waals surface area contributed by atoms with Gasteiger partial charge in [-0.3, -0.25) is 4.84 Å². The van der Waals surface area contributed by atoms with Gasteiger partial charge in [-0.2, -0.15) is 5.06 Å². The van der Waals surface area contributed by atoms with Gasteiger partial charge in [-0.05, 0) is 24.5 Å². The van der Waals surface area contributed by atoms with Crippen molar-refractivity contribution in [3.05, 3.63) is 71.8 Å². The van der Waals surface area contributed by atoms with Crippen LogP contribution in [0.25, 0.3) is 0 Å². The first kappa shape index (κ1) is 12.1. The monoisotopic (exact) mass is 265 g/mol. The SMILES string of the molecule is C[C@]1(c2ccccc2)C[C@H]2C[C@H](c3ccccc3)N1O2. The summed E-state index contributed by atoms with van der Waals surface area (Å²) in [5, 5.41) is 2.24. The smallest absolute Gasteiger partial charge is 0.0834 e. The molecule has 2 bridgehead atoms. The largest absolute Gasteiger partial charge is 0.294 e. The maximum absolute atomic E-state index is 6.14. The first-order valence-corrected chi connectivity index (χ1v) is 7.34. The van der Waals surface area contributed by atoms with Crippen molar-refractivity contribution in [2.24, 2.45) is 0 Å². The lowest BCUT2D eigenvalue weighted by Crippen LogP contribution is -2.41. The van der Waals surface area contributed by atoms with E-state index in [9.17, 15) is 0 Å². The molecule has 4 atom stereocenters. The van der Waals surface area contributed by atoms with Crippen LogP contribution in [0.15, 0.2) is 60.7 Å². The lowest BCUT2D eigenvalue weighted by molar-refractivity contribution is -0.166. The molecule has 1 unspecified atom stereocenters. The third-order valence-electron chi connectivity index (χ3n) is 4.72. The van der Waals surface area contributed by atoms with Gasteiger partial charge in [0, 0.05) is 6.42 Å². The van der Waals surface area contributed by atoms with Crippen LogP contribution in [0, 0.1) is 0 Å². The average Bonchev–Trinajstić information content (AvgIpc) is 3.07. The van der Waals surface area contributed by atoms with Crippen LogP contribution in [0.3, 0.4) is 0 Å². The van der Waals surface area contributed by atoms with Crippen molar-refractivity contribution in [2.45, 2.75) is 37.5 Å². The molecule has 4 rings (SSSR count). The van der Waals surface area contributed by atoms with Crippen molar-refractivity contribution < 1.29 is 4.84 Å². The summed E-state index contributed by atoms with van der Waals surface area (Å²) in [5.74, 6) is 0. The van der Waals surface area contributed by atoms with Crippen LogP contribution >= 0.6 is 0 Å². The van der Waals surface area contributed by atoms with Gasteiger partial charge >= 0.3 is 0 Å². The molecule has 2 saturated heterocycles. The normalized spacial score (nSPS) is 35.4. The summed E-state index contributed by atoms with van der Waals surface area (Å²) in [5.41, 5.74) is 2.70. The Labute approximate surface area is 119 Å². The van der Waals surface area contributed by atoms with E-state index in [4.69, 9.17) is 4.84 Å². The molecule has 20 heavy (non-hydrogen) atoms. The van der Waals surface area contributed by atoms with Crippen LogP contribution in [-0.4, -0.2) is 11.2 Å². The Morgan fingerprint density at radius 1 is 1.00 bits per heavy atom. The van der Waals surface area contributed by atoms with Crippen LogP contribution < -0.4 is 0 Å². The van der Waals surface area contributed by atoms with Crippen molar-refractivity contribution in [3.63, 3.8) is 0 Å². The molecule has 2 heteroatoms. The molecule has 2 nitrogen and oxygen atoms in total. The number of hydroxylamine groups is 2. The van der Waals surface area contributed by atoms with Gasteiger partial charge in [-0.25, -0.2) is 0 Å². The van der Waals surface area contributed by atoms with Gasteiger partial charge in [0.15, 0.2) is 0 Å². The Balaban J connectivity index is 1.72. The minimum Gasteiger partial charge on any atom is -0.294 e. The molecule has 0 amide bonds. The third kappa shape index (κ3) is 1.72. The molecule has 0 radical (unpaired) electrons. The van der Waals surface area contributed by atoms with Crippen LogP contribution in [-0.2, 0) is 10.4 Å². The van der Waals surface area contributed by atoms with E-state index in [-0.39, 0.29) is 5.54 Å². The summed E-state index contributed by atoms with van der Waals surface area (Å²) in [6.45, 7) is 2.30. The van der Waals surface area contributed by atoms with Crippen molar-refractivity contribution in [1.29, 1.82) is 0 Å². The van der Waals surface area contributed by atoms with Crippen molar-refractivity contribution >= 4 is 0 Å². The van der Waals surface area contributed by atoms with E-state index >= 15 is 0 Å². The molecule has 2 aliphatic heterocycles. The summed E-state index contributed by atoms with van der Waals surface area (Å²) >= 11 is 0. The van der Waals surface area contributed by atoms with Gasteiger partial charge in [0.2, 0.25) is 0 Å². The molecule has 2 aromatic carbocycles. The molecule has 0 saturated carbocycles. The van der Waals surface area contributed by atoms with E-state index < -0.39 is 0 Å². The van der Waals surface area contributed by atoms with Crippen LogP contribution in [0.1, 0.15) is 36.9 Å². The molecule has 2 aliphatic rings. The highest BCUT2D eigenvalue weighted by Crippen LogP contribution is 2.53. The summed E-state index contributed by atoms with van der Waals surface area (Å²) in [6, 6.07) is 21.8. The number of benzene rings is 2. The fraction of sp³-hybridized carbons (Fsp3) is 0.333. The van der Waals surface area contributed by atoms with E-state index in [1.54, 1.807) is 0 Å². The zero-order valence-corrected chi connectivity index (χ0v) is 11.7. The maximum Gasteiger partial charge on any atom is 0.0834 e. The van der Waals surface area contributed by atoms with E-state index in [1.807, 2.05) is 0 Å². The van der Waals surface area contributed by atoms with E-state index in [0.29, 0.717) is 12.1 Å². The zero-order valence-electron chi connectivity index (χ0n) is 11.7. The Kier molecular flexibility index (Phi) is 2.69. The fourth-order valence-corrected chi connectivity index (χ4v) is 3.72. The molecule has 0 aliphatic carbocycles. The second-order valence-electron chi connectivity index (χ2n) is 6.06. The van der Waals surface area contributed by atoms with Gasteiger partial charge in [0.05, 0.1) is 17.7 Å². The van der Waals surface area contributed by atoms with Crippen LogP contribution in [0.5, 0.6) is 0 Å². The fourth-order valence-electron chi connectivity index (χ4n) is 3.72. The number of nitrogens with zero attached hydrogens (tertiary/aromatic N) is 1. The highest BCUT2D eigenvalue weighted by Gasteiger charge is 2.54. The van der Waals surface area contributed by atoms with Crippen molar-refractivity contribution in [3.8, 4) is 0 Å². The Hall–Kier alpha value is -1.64. The number of hydrogen-bond acceptors (Lipinski definition) is 2. The first-order chi connectivity index (χ1) is 9.77. The van der Waals surface area contributed by atoms with Crippen LogP contribution in [0.4, 0.5) is 0 Å². The lowest BCUT2D eigenvalue weighted by Gasteiger charge is -2.39. The second kappa shape index (κ2) is 4.44. The van der Waals surface area contributed by atoms with Gasteiger partial charge in [-0.15, -0.1) is 0 Å². The summed E-state index contributed by atoms with van der Waals surface area (Å²) in [6.07, 6.45) is 2.54. The topological polar surface area (TPSA) is 12.5 Å². The standard InChI is InChI=1S/C18H19NO/c1-18(15-10-6-3-7-11-15)13-16-12-17(19(18)20-16)14-8-4-2-5-9-14/h2-11,16-17H,12-13H2,1H3/t16-,17-,18-/m1/s1. The van der Waals surface area contributed by atoms with Gasteiger partial charge < -0.3 is 0 Å². The van der Waals surface area contributed by atoms with E-state index in [1.165, 1.54) is 11.1 Å². The molecule has 0 aromatic heterocycles. The number of fused-ring (bicyclic) bond motifs is 2. The predicted octanol–water partition coefficient (Wildman–Crippen LogP) is 4.05. The summed E-state index contributed by atoms with van der Waals surface area (Å²) in [7, 11) is 0. The Morgan fingerprint density at radius 2 is 1.65 bits per heavy atom. The molecular weight excluding hydrogens is 246 g/mol. The number of hydrogen-bond donors (Lipinski definition) is 0. The predicted molar refractivity (Wildman–Crippen MR) is 78.9 cm³/mol. The quantitative estimate of drug-likeness (QED) is 0.812. The van der Waals surface area contributed by atoms with Crippen molar-refractivity contribution in [1.82, 2.24) is 5.06 Å². The molecule has 0 N–H and O–H groups in total. The Morgan fingerprint density at radius 3 is 2.30 bits per heavy atom. The number of rotatable bonds is 2. The van der Waals surface area contributed by atoms with Gasteiger partial charge in [-0.1, -0.05) is 60.7 Å². The molecule has 0 spiro atoms. The highest BCUT2D eigenvalue weighted by atomic mass is 16.7. The highest BCUT2D eigenvalue weighted by molar-refractivity contribution is 5.29. The zero-order chi connectivity index (χ0) is 13.6. The average molecular weight is 265 g/mol. The number of piperidine rings is 1. The molecular formula is C18H19NO. The van der Waals surface area contributed by atoms with Gasteiger partial charge in [0.1, 0.15) is 0 Å². The first-order valence-electron chi connectivity index (χ1n) is 7.34.